The Kier molecular flexibility index (Phi) is 8.72. The molecule has 3 aromatic rings. The number of aromatic nitrogens is 3. The molecule has 210 valence electrons. The van der Waals surface area contributed by atoms with Gasteiger partial charge < -0.3 is 10.2 Å². The summed E-state index contributed by atoms with van der Waals surface area (Å²) in [5, 5.41) is 21.6. The molecule has 1 aliphatic rings. The average Bonchev–Trinajstić information content (AvgIpc) is 2.94. The van der Waals surface area contributed by atoms with Crippen LogP contribution in [0, 0.1) is 22.7 Å². The van der Waals surface area contributed by atoms with Gasteiger partial charge in [0.25, 0.3) is 0 Å². The minimum atomic E-state index is -4.42. The lowest BCUT2D eigenvalue weighted by molar-refractivity contribution is -0.137. The van der Waals surface area contributed by atoms with Gasteiger partial charge in [0.15, 0.2) is 5.82 Å². The van der Waals surface area contributed by atoms with Gasteiger partial charge in [0.2, 0.25) is 0 Å². The van der Waals surface area contributed by atoms with E-state index in [-0.39, 0.29) is 23.8 Å². The first kappa shape index (κ1) is 29.0. The van der Waals surface area contributed by atoms with E-state index in [1.54, 1.807) is 19.2 Å². The summed E-state index contributed by atoms with van der Waals surface area (Å²) < 4.78 is 41.1. The van der Waals surface area contributed by atoms with E-state index in [9.17, 15) is 23.2 Å². The molecule has 2 aromatic heterocycles. The highest BCUT2D eigenvalue weighted by Crippen LogP contribution is 2.34. The Morgan fingerprint density at radius 1 is 1.12 bits per heavy atom. The number of hydrogen-bond acceptors (Lipinski definition) is 8. The first-order valence-electron chi connectivity index (χ1n) is 13.1. The van der Waals surface area contributed by atoms with Crippen molar-refractivity contribution in [1.82, 2.24) is 24.8 Å². The maximum absolute atomic E-state index is 13.2. The van der Waals surface area contributed by atoms with Crippen molar-refractivity contribution >= 4 is 16.9 Å². The van der Waals surface area contributed by atoms with Crippen LogP contribution in [-0.4, -0.2) is 57.7 Å². The number of hydrogen-bond donors (Lipinski definition) is 1. The molecule has 1 fully saturated rings. The molecule has 40 heavy (non-hydrogen) atoms. The second-order valence-electron chi connectivity index (χ2n) is 9.96. The molecule has 3 heterocycles. The Balaban J connectivity index is 1.70. The summed E-state index contributed by atoms with van der Waals surface area (Å²) in [6.45, 7) is 6.01. The molecule has 0 radical (unpaired) electrons. The van der Waals surface area contributed by atoms with Crippen molar-refractivity contribution in [1.29, 1.82) is 10.5 Å². The maximum Gasteiger partial charge on any atom is 0.416 e. The van der Waals surface area contributed by atoms with E-state index in [2.05, 4.69) is 26.3 Å². The van der Waals surface area contributed by atoms with Crippen LogP contribution in [0.3, 0.4) is 0 Å². The number of aryl methyl sites for hydroxylation is 1. The second kappa shape index (κ2) is 12.0. The molecule has 0 saturated carbocycles. The first-order chi connectivity index (χ1) is 19.1. The van der Waals surface area contributed by atoms with E-state index in [0.717, 1.165) is 24.1 Å². The third kappa shape index (κ3) is 5.93. The Bertz CT molecular complexity index is 1490. The number of piperazine rings is 1. The Morgan fingerprint density at radius 2 is 1.85 bits per heavy atom. The number of benzene rings is 1. The highest BCUT2D eigenvalue weighted by atomic mass is 19.4. The summed E-state index contributed by atoms with van der Waals surface area (Å²) in [7, 11) is 1.61. The van der Waals surface area contributed by atoms with Crippen LogP contribution in [0.15, 0.2) is 41.2 Å². The fourth-order valence-corrected chi connectivity index (χ4v) is 5.28. The molecule has 12 heteroatoms. The Hall–Kier alpha value is -4.00. The van der Waals surface area contributed by atoms with Crippen molar-refractivity contribution in [2.45, 2.75) is 51.0 Å². The molecule has 4 rings (SSSR count). The smallest absolute Gasteiger partial charge is 0.349 e. The number of rotatable bonds is 8. The summed E-state index contributed by atoms with van der Waals surface area (Å²) in [6.07, 6.45) is -3.37. The van der Waals surface area contributed by atoms with E-state index in [0.29, 0.717) is 49.5 Å². The van der Waals surface area contributed by atoms with Gasteiger partial charge in [0, 0.05) is 57.8 Å². The predicted molar refractivity (Wildman–Crippen MR) is 144 cm³/mol. The van der Waals surface area contributed by atoms with Crippen LogP contribution in [0.4, 0.5) is 19.0 Å². The summed E-state index contributed by atoms with van der Waals surface area (Å²) in [5.74, 6) is 0.416. The predicted octanol–water partition coefficient (Wildman–Crippen LogP) is 3.75. The highest BCUT2D eigenvalue weighted by molar-refractivity contribution is 5.86. The molecule has 1 unspecified atom stereocenters. The van der Waals surface area contributed by atoms with Gasteiger partial charge in [0.05, 0.1) is 17.1 Å². The second-order valence-corrected chi connectivity index (χ2v) is 9.96. The Labute approximate surface area is 230 Å². The molecule has 0 spiro atoms. The molecule has 0 bridgehead atoms. The topological polar surface area (TPSA) is 114 Å². The Morgan fingerprint density at radius 3 is 2.48 bits per heavy atom. The zero-order valence-electron chi connectivity index (χ0n) is 22.6. The third-order valence-electron chi connectivity index (χ3n) is 7.45. The van der Waals surface area contributed by atoms with E-state index in [1.165, 1.54) is 16.7 Å². The first-order valence-corrected chi connectivity index (χ1v) is 13.1. The largest absolute Gasteiger partial charge is 0.416 e. The van der Waals surface area contributed by atoms with E-state index in [1.807, 2.05) is 24.8 Å². The molecule has 9 nitrogen and oxygen atoms in total. The number of alkyl halides is 3. The molecule has 3 atom stereocenters. The van der Waals surface area contributed by atoms with Crippen LogP contribution in [0.1, 0.15) is 49.6 Å². The van der Waals surface area contributed by atoms with Crippen LogP contribution in [-0.2, 0) is 13.2 Å². The van der Waals surface area contributed by atoms with Gasteiger partial charge in [-0.15, -0.1) is 0 Å². The molecule has 1 saturated heterocycles. The van der Waals surface area contributed by atoms with Crippen molar-refractivity contribution in [2.24, 2.45) is 7.05 Å². The van der Waals surface area contributed by atoms with Gasteiger partial charge in [-0.25, -0.2) is 9.78 Å². The standard InChI is InChI=1S/C28H31F3N8O/c1-4-22-17-38(26-25-23(37(3)27(40)36-26)11-10-21(14-33)35-25)18(2)16-39(22)24(15-34-13-5-12-32)19-6-8-20(9-7-19)28(29,30)31/h6-11,18,22,24,34H,4-5,13,15-17H2,1-3H3/t18-,22+,24?/m0/s1. The highest BCUT2D eigenvalue weighted by Gasteiger charge is 2.37. The van der Waals surface area contributed by atoms with Crippen LogP contribution in [0.25, 0.3) is 11.0 Å². The number of halogens is 3. The quantitative estimate of drug-likeness (QED) is 0.421. The van der Waals surface area contributed by atoms with Crippen LogP contribution >= 0.6 is 0 Å². The summed E-state index contributed by atoms with van der Waals surface area (Å²) in [6, 6.07) is 12.3. The molecular weight excluding hydrogens is 521 g/mol. The number of pyridine rings is 1. The molecule has 0 amide bonds. The van der Waals surface area contributed by atoms with Gasteiger partial charge in [-0.1, -0.05) is 19.1 Å². The van der Waals surface area contributed by atoms with Crippen molar-refractivity contribution in [3.63, 3.8) is 0 Å². The van der Waals surface area contributed by atoms with Crippen molar-refractivity contribution < 1.29 is 13.2 Å². The zero-order valence-corrected chi connectivity index (χ0v) is 22.6. The number of anilines is 1. The lowest BCUT2D eigenvalue weighted by Gasteiger charge is -2.49. The van der Waals surface area contributed by atoms with Gasteiger partial charge in [0.1, 0.15) is 17.3 Å². The number of nitriles is 2. The van der Waals surface area contributed by atoms with Crippen molar-refractivity contribution in [3.05, 3.63) is 63.7 Å². The lowest BCUT2D eigenvalue weighted by Crippen LogP contribution is -2.59. The van der Waals surface area contributed by atoms with Crippen molar-refractivity contribution in [3.8, 4) is 12.1 Å². The maximum atomic E-state index is 13.2. The molecule has 0 aliphatic carbocycles. The van der Waals surface area contributed by atoms with E-state index in [4.69, 9.17) is 5.26 Å². The third-order valence-corrected chi connectivity index (χ3v) is 7.45. The molecule has 1 N–H and O–H groups in total. The van der Waals surface area contributed by atoms with Gasteiger partial charge in [-0.3, -0.25) is 9.47 Å². The van der Waals surface area contributed by atoms with Crippen molar-refractivity contribution in [2.75, 3.05) is 31.1 Å². The minimum absolute atomic E-state index is 0.0266. The van der Waals surface area contributed by atoms with Gasteiger partial charge in [-0.05, 0) is 43.2 Å². The normalized spacial score (nSPS) is 18.9. The zero-order chi connectivity index (χ0) is 29.0. The molecular formula is C28H31F3N8O. The van der Waals surface area contributed by atoms with E-state index < -0.39 is 17.4 Å². The fourth-order valence-electron chi connectivity index (χ4n) is 5.28. The summed E-state index contributed by atoms with van der Waals surface area (Å²) >= 11 is 0. The lowest BCUT2D eigenvalue weighted by atomic mass is 9.96. The molecule has 1 aliphatic heterocycles. The SMILES string of the molecule is CC[C@@H]1CN(c2nc(=O)n(C)c3ccc(C#N)nc23)[C@@H](C)CN1C(CNCCC#N)c1ccc(C(F)(F)F)cc1. The van der Waals surface area contributed by atoms with Crippen LogP contribution in [0.2, 0.25) is 0 Å². The number of nitrogens with one attached hydrogen (secondary N) is 1. The minimum Gasteiger partial charge on any atom is -0.349 e. The van der Waals surface area contributed by atoms with E-state index >= 15 is 0 Å². The summed E-state index contributed by atoms with van der Waals surface area (Å²) in [5.41, 5.74) is 0.869. The molecule has 1 aromatic carbocycles. The monoisotopic (exact) mass is 552 g/mol. The fraction of sp³-hybridized carbons (Fsp3) is 0.464. The number of nitrogens with zero attached hydrogens (tertiary/aromatic N) is 7. The summed E-state index contributed by atoms with van der Waals surface area (Å²) in [4.78, 5) is 25.9. The van der Waals surface area contributed by atoms with Crippen LogP contribution in [0.5, 0.6) is 0 Å². The average molecular weight is 553 g/mol. The number of fused-ring (bicyclic) bond motifs is 1. The van der Waals surface area contributed by atoms with Crippen LogP contribution < -0.4 is 15.9 Å². The van der Waals surface area contributed by atoms with Gasteiger partial charge >= 0.3 is 11.9 Å². The van der Waals surface area contributed by atoms with Gasteiger partial charge in [-0.2, -0.15) is 28.7 Å².